The van der Waals surface area contributed by atoms with Crippen LogP contribution in [-0.4, -0.2) is 27.7 Å². The Balaban J connectivity index is 1.44. The minimum Gasteiger partial charge on any atom is -0.489 e. The van der Waals surface area contributed by atoms with Gasteiger partial charge in [-0.1, -0.05) is 54.6 Å². The van der Waals surface area contributed by atoms with E-state index >= 15 is 0 Å². The number of ether oxygens (including phenoxy) is 2. The SMILES string of the molecule is O=C(O)COc1cc(-c2ccccc2)nc(-c2ccc3cc(OCc4c(F)cccc4F)ccc3c2)n1. The molecule has 1 N–H and O–H groups in total. The summed E-state index contributed by atoms with van der Waals surface area (Å²) in [4.78, 5) is 20.1. The fraction of sp³-hybridized carbons (Fsp3) is 0.0690. The predicted molar refractivity (Wildman–Crippen MR) is 134 cm³/mol. The number of aliphatic carboxylic acids is 1. The number of hydrogen-bond donors (Lipinski definition) is 1. The molecule has 0 aliphatic carbocycles. The van der Waals surface area contributed by atoms with E-state index in [0.717, 1.165) is 16.3 Å². The molecule has 0 spiro atoms. The van der Waals surface area contributed by atoms with E-state index in [2.05, 4.69) is 9.97 Å². The number of carbonyl (C=O) groups is 1. The van der Waals surface area contributed by atoms with Crippen molar-refractivity contribution >= 4 is 16.7 Å². The topological polar surface area (TPSA) is 81.5 Å². The minimum absolute atomic E-state index is 0.130. The van der Waals surface area contributed by atoms with E-state index in [1.54, 1.807) is 18.2 Å². The van der Waals surface area contributed by atoms with E-state index in [4.69, 9.17) is 14.6 Å². The van der Waals surface area contributed by atoms with Crippen LogP contribution in [0, 0.1) is 11.6 Å². The first kappa shape index (κ1) is 23.9. The zero-order chi connectivity index (χ0) is 25.8. The van der Waals surface area contributed by atoms with Crippen molar-refractivity contribution in [3.63, 3.8) is 0 Å². The Morgan fingerprint density at radius 2 is 1.49 bits per heavy atom. The van der Waals surface area contributed by atoms with E-state index in [0.29, 0.717) is 22.8 Å². The highest BCUT2D eigenvalue weighted by molar-refractivity contribution is 5.87. The molecule has 0 bridgehead atoms. The van der Waals surface area contributed by atoms with Crippen LogP contribution in [-0.2, 0) is 11.4 Å². The lowest BCUT2D eigenvalue weighted by atomic mass is 10.1. The van der Waals surface area contributed by atoms with Crippen molar-refractivity contribution in [1.82, 2.24) is 9.97 Å². The van der Waals surface area contributed by atoms with E-state index in [-0.39, 0.29) is 18.1 Å². The molecule has 37 heavy (non-hydrogen) atoms. The van der Waals surface area contributed by atoms with Crippen LogP contribution in [0.2, 0.25) is 0 Å². The molecule has 6 nitrogen and oxygen atoms in total. The summed E-state index contributed by atoms with van der Waals surface area (Å²) in [6.07, 6.45) is 0. The summed E-state index contributed by atoms with van der Waals surface area (Å²) in [5.41, 5.74) is 2.00. The summed E-state index contributed by atoms with van der Waals surface area (Å²) < 4.78 is 38.8. The molecular weight excluding hydrogens is 478 g/mol. The minimum atomic E-state index is -1.11. The standard InChI is InChI=1S/C29H20F2N2O4/c30-24-7-4-8-25(31)23(24)16-36-22-12-11-19-13-21(10-9-20(19)14-22)29-32-26(18-5-2-1-3-6-18)15-27(33-29)37-17-28(34)35/h1-15H,16-17H2,(H,34,35). The Morgan fingerprint density at radius 1 is 0.757 bits per heavy atom. The van der Waals surface area contributed by atoms with Crippen LogP contribution in [0.1, 0.15) is 5.56 Å². The molecule has 0 aliphatic rings. The van der Waals surface area contributed by atoms with Gasteiger partial charge in [0.05, 0.1) is 11.3 Å². The van der Waals surface area contributed by atoms with Crippen LogP contribution in [0.15, 0.2) is 91.0 Å². The number of carboxylic acids is 1. The van der Waals surface area contributed by atoms with Gasteiger partial charge >= 0.3 is 5.97 Å². The highest BCUT2D eigenvalue weighted by Gasteiger charge is 2.13. The van der Waals surface area contributed by atoms with Gasteiger partial charge in [-0.25, -0.2) is 18.6 Å². The number of aromatic nitrogens is 2. The Labute approximate surface area is 210 Å². The molecule has 0 unspecified atom stereocenters. The fourth-order valence-electron chi connectivity index (χ4n) is 3.80. The molecule has 184 valence electrons. The average Bonchev–Trinajstić information content (AvgIpc) is 2.91. The van der Waals surface area contributed by atoms with Crippen LogP contribution < -0.4 is 9.47 Å². The number of carboxylic acid groups (broad SMARTS) is 1. The number of hydrogen-bond acceptors (Lipinski definition) is 5. The molecule has 8 heteroatoms. The summed E-state index contributed by atoms with van der Waals surface area (Å²) in [6, 6.07) is 25.6. The van der Waals surface area contributed by atoms with Gasteiger partial charge in [-0.3, -0.25) is 0 Å². The molecule has 0 amide bonds. The second-order valence-corrected chi connectivity index (χ2v) is 8.18. The lowest BCUT2D eigenvalue weighted by molar-refractivity contribution is -0.139. The third-order valence-corrected chi connectivity index (χ3v) is 5.63. The normalized spacial score (nSPS) is 10.9. The number of benzene rings is 4. The van der Waals surface area contributed by atoms with Crippen LogP contribution in [0.3, 0.4) is 0 Å². The van der Waals surface area contributed by atoms with E-state index in [9.17, 15) is 13.6 Å². The van der Waals surface area contributed by atoms with Crippen molar-refractivity contribution in [2.24, 2.45) is 0 Å². The molecule has 0 saturated carbocycles. The predicted octanol–water partition coefficient (Wildman–Crippen LogP) is 6.28. The first-order valence-electron chi connectivity index (χ1n) is 11.4. The molecule has 4 aromatic carbocycles. The number of rotatable bonds is 8. The van der Waals surface area contributed by atoms with Crippen LogP contribution in [0.4, 0.5) is 8.78 Å². The van der Waals surface area contributed by atoms with Gasteiger partial charge in [0, 0.05) is 17.2 Å². The maximum Gasteiger partial charge on any atom is 0.341 e. The van der Waals surface area contributed by atoms with E-state index < -0.39 is 24.2 Å². The maximum atomic E-state index is 13.9. The summed E-state index contributed by atoms with van der Waals surface area (Å²) in [5.74, 6) is -1.43. The van der Waals surface area contributed by atoms with Gasteiger partial charge in [0.15, 0.2) is 12.4 Å². The summed E-state index contributed by atoms with van der Waals surface area (Å²) in [7, 11) is 0. The Kier molecular flexibility index (Phi) is 6.72. The van der Waals surface area contributed by atoms with Crippen molar-refractivity contribution in [3.8, 4) is 34.3 Å². The van der Waals surface area contributed by atoms with Gasteiger partial charge in [-0.2, -0.15) is 4.98 Å². The van der Waals surface area contributed by atoms with Crippen LogP contribution >= 0.6 is 0 Å². The van der Waals surface area contributed by atoms with E-state index in [1.165, 1.54) is 18.2 Å². The molecule has 0 aliphatic heterocycles. The van der Waals surface area contributed by atoms with Crippen molar-refractivity contribution < 1.29 is 28.2 Å². The summed E-state index contributed by atoms with van der Waals surface area (Å²) in [6.45, 7) is -0.761. The van der Waals surface area contributed by atoms with Crippen LogP contribution in [0.25, 0.3) is 33.4 Å². The Hall–Kier alpha value is -4.85. The monoisotopic (exact) mass is 498 g/mol. The van der Waals surface area contributed by atoms with Crippen molar-refractivity contribution in [2.45, 2.75) is 6.61 Å². The van der Waals surface area contributed by atoms with Crippen molar-refractivity contribution in [1.29, 1.82) is 0 Å². The molecule has 0 fully saturated rings. The zero-order valence-electron chi connectivity index (χ0n) is 19.4. The molecule has 1 heterocycles. The summed E-state index contributed by atoms with van der Waals surface area (Å²) in [5, 5.41) is 10.7. The molecule has 0 atom stereocenters. The van der Waals surface area contributed by atoms with Gasteiger partial charge in [-0.15, -0.1) is 0 Å². The third kappa shape index (κ3) is 5.54. The quantitative estimate of drug-likeness (QED) is 0.271. The average molecular weight is 498 g/mol. The van der Waals surface area contributed by atoms with Crippen molar-refractivity contribution in [3.05, 3.63) is 108 Å². The second-order valence-electron chi connectivity index (χ2n) is 8.18. The Morgan fingerprint density at radius 3 is 2.24 bits per heavy atom. The second kappa shape index (κ2) is 10.4. The Bertz CT molecular complexity index is 1570. The van der Waals surface area contributed by atoms with Crippen molar-refractivity contribution in [2.75, 3.05) is 6.61 Å². The van der Waals surface area contributed by atoms with Gasteiger partial charge in [0.2, 0.25) is 5.88 Å². The molecule has 1 aromatic heterocycles. The number of halogens is 2. The number of nitrogens with zero attached hydrogens (tertiary/aromatic N) is 2. The highest BCUT2D eigenvalue weighted by Crippen LogP contribution is 2.29. The fourth-order valence-corrected chi connectivity index (χ4v) is 3.80. The first-order chi connectivity index (χ1) is 18.0. The molecule has 5 rings (SSSR count). The van der Waals surface area contributed by atoms with Gasteiger partial charge in [0.25, 0.3) is 0 Å². The zero-order valence-corrected chi connectivity index (χ0v) is 19.4. The lowest BCUT2D eigenvalue weighted by Gasteiger charge is -2.11. The summed E-state index contributed by atoms with van der Waals surface area (Å²) >= 11 is 0. The van der Waals surface area contributed by atoms with Crippen LogP contribution in [0.5, 0.6) is 11.6 Å². The third-order valence-electron chi connectivity index (χ3n) is 5.63. The van der Waals surface area contributed by atoms with Gasteiger partial charge in [-0.05, 0) is 41.1 Å². The maximum absolute atomic E-state index is 13.9. The lowest BCUT2D eigenvalue weighted by Crippen LogP contribution is -2.11. The number of fused-ring (bicyclic) bond motifs is 1. The van der Waals surface area contributed by atoms with Gasteiger partial charge in [0.1, 0.15) is 24.0 Å². The highest BCUT2D eigenvalue weighted by atomic mass is 19.1. The largest absolute Gasteiger partial charge is 0.489 e. The molecule has 5 aromatic rings. The molecule has 0 radical (unpaired) electrons. The molecule has 0 saturated heterocycles. The van der Waals surface area contributed by atoms with Gasteiger partial charge < -0.3 is 14.6 Å². The smallest absolute Gasteiger partial charge is 0.341 e. The molecular formula is C29H20F2N2O4. The first-order valence-corrected chi connectivity index (χ1v) is 11.4. The van der Waals surface area contributed by atoms with E-state index in [1.807, 2.05) is 54.6 Å².